The van der Waals surface area contributed by atoms with Gasteiger partial charge in [-0.25, -0.2) is 8.42 Å². The molecule has 0 bridgehead atoms. The number of unbranched alkanes of at least 4 members (excludes halogenated alkanes) is 10. The molecule has 0 spiro atoms. The molecule has 3 heteroatoms. The van der Waals surface area contributed by atoms with Crippen LogP contribution in [-0.2, 0) is 22.7 Å². The fraction of sp³-hybridized carbons (Fsp3) is 0.619. The Kier molecular flexibility index (Phi) is 16.9. The minimum atomic E-state index is -3.73. The Bertz CT molecular complexity index is 1220. The van der Waals surface area contributed by atoms with Crippen LogP contribution in [0.25, 0.3) is 0 Å². The third-order valence-electron chi connectivity index (χ3n) is 9.35. The van der Waals surface area contributed by atoms with E-state index in [-0.39, 0.29) is 11.8 Å². The van der Waals surface area contributed by atoms with E-state index in [1.807, 2.05) is 24.3 Å². The summed E-state index contributed by atoms with van der Waals surface area (Å²) in [6.07, 6.45) is 19.9. The number of hydrogen-bond acceptors (Lipinski definition) is 2. The lowest BCUT2D eigenvalue weighted by Gasteiger charge is -2.26. The molecule has 0 saturated carbocycles. The fourth-order valence-corrected chi connectivity index (χ4v) is 9.08. The lowest BCUT2D eigenvalue weighted by atomic mass is 9.85. The quantitative estimate of drug-likeness (QED) is 0.0954. The van der Waals surface area contributed by atoms with Crippen molar-refractivity contribution in [3.8, 4) is 0 Å². The van der Waals surface area contributed by atoms with Crippen LogP contribution in [0.15, 0.2) is 59.4 Å². The third-order valence-corrected chi connectivity index (χ3v) is 11.2. The molecule has 0 aromatic heterocycles. The third kappa shape index (κ3) is 11.0. The van der Waals surface area contributed by atoms with Gasteiger partial charge in [-0.2, -0.15) is 0 Å². The van der Waals surface area contributed by atoms with Crippen molar-refractivity contribution in [2.24, 2.45) is 0 Å². The SMILES string of the molecule is C=CCCCCCCCc1c(C(C)C)ccc(S(=O)(=O)c2ccc(C(C)C)c(CCCCCCCC=C)c2C(C)C)c1C(C)C. The number of benzene rings is 2. The Hall–Kier alpha value is -2.13. The van der Waals surface area contributed by atoms with E-state index in [2.05, 4.69) is 80.7 Å². The highest BCUT2D eigenvalue weighted by Gasteiger charge is 2.31. The largest absolute Gasteiger partial charge is 0.218 e. The van der Waals surface area contributed by atoms with Crippen LogP contribution >= 0.6 is 0 Å². The fourth-order valence-electron chi connectivity index (χ4n) is 7.05. The van der Waals surface area contributed by atoms with Gasteiger partial charge in [0.25, 0.3) is 0 Å². The summed E-state index contributed by atoms with van der Waals surface area (Å²) >= 11 is 0. The molecule has 2 aromatic carbocycles. The Labute approximate surface area is 279 Å². The molecular weight excluding hydrogens is 569 g/mol. The van der Waals surface area contributed by atoms with Gasteiger partial charge in [0.1, 0.15) is 0 Å². The van der Waals surface area contributed by atoms with E-state index < -0.39 is 9.84 Å². The second kappa shape index (κ2) is 19.5. The number of hydrogen-bond donors (Lipinski definition) is 0. The van der Waals surface area contributed by atoms with E-state index in [9.17, 15) is 8.42 Å². The highest BCUT2D eigenvalue weighted by molar-refractivity contribution is 7.91. The van der Waals surface area contributed by atoms with Crippen LogP contribution in [0.1, 0.15) is 189 Å². The van der Waals surface area contributed by atoms with Crippen molar-refractivity contribution in [2.75, 3.05) is 0 Å². The number of sulfone groups is 1. The normalized spacial score (nSPS) is 12.2. The van der Waals surface area contributed by atoms with Crippen LogP contribution in [0.4, 0.5) is 0 Å². The van der Waals surface area contributed by atoms with Gasteiger partial charge in [0.2, 0.25) is 9.84 Å². The van der Waals surface area contributed by atoms with Crippen LogP contribution in [0.5, 0.6) is 0 Å². The summed E-state index contributed by atoms with van der Waals surface area (Å²) in [6, 6.07) is 8.10. The molecule has 45 heavy (non-hydrogen) atoms. The summed E-state index contributed by atoms with van der Waals surface area (Å²) in [5.41, 5.74) is 7.23. The van der Waals surface area contributed by atoms with Crippen molar-refractivity contribution < 1.29 is 8.42 Å². The maximum absolute atomic E-state index is 14.9. The zero-order valence-electron chi connectivity index (χ0n) is 30.3. The molecule has 0 atom stereocenters. The molecule has 252 valence electrons. The maximum Gasteiger partial charge on any atom is 0.207 e. The Morgan fingerprint density at radius 2 is 0.844 bits per heavy atom. The highest BCUT2D eigenvalue weighted by Crippen LogP contribution is 2.41. The average molecular weight is 635 g/mol. The van der Waals surface area contributed by atoms with E-state index in [1.54, 1.807) is 0 Å². The second-order valence-corrected chi connectivity index (χ2v) is 16.3. The molecule has 2 aromatic rings. The molecule has 0 aliphatic rings. The highest BCUT2D eigenvalue weighted by atomic mass is 32.2. The molecular formula is C42H66O2S. The molecule has 2 nitrogen and oxygen atoms in total. The lowest BCUT2D eigenvalue weighted by molar-refractivity contribution is 0.586. The molecule has 0 unspecified atom stereocenters. The summed E-state index contributed by atoms with van der Waals surface area (Å²) in [4.78, 5) is 1.05. The van der Waals surface area contributed by atoms with E-state index in [0.29, 0.717) is 21.6 Å². The van der Waals surface area contributed by atoms with E-state index in [1.165, 1.54) is 73.6 Å². The van der Waals surface area contributed by atoms with Crippen LogP contribution in [0, 0.1) is 0 Å². The van der Waals surface area contributed by atoms with Crippen molar-refractivity contribution >= 4 is 9.84 Å². The summed E-state index contributed by atoms with van der Waals surface area (Å²) in [5.74, 6) is 0.937. The average Bonchev–Trinajstić information content (AvgIpc) is 2.98. The molecule has 2 rings (SSSR count). The zero-order valence-corrected chi connectivity index (χ0v) is 31.1. The first-order chi connectivity index (χ1) is 21.4. The van der Waals surface area contributed by atoms with Gasteiger partial charge >= 0.3 is 0 Å². The number of rotatable bonds is 22. The molecule has 0 amide bonds. The molecule has 0 saturated heterocycles. The van der Waals surface area contributed by atoms with E-state index in [4.69, 9.17) is 0 Å². The van der Waals surface area contributed by atoms with Crippen molar-refractivity contribution in [3.63, 3.8) is 0 Å². The molecule has 0 fully saturated rings. The molecule has 0 radical (unpaired) electrons. The van der Waals surface area contributed by atoms with Crippen molar-refractivity contribution in [1.82, 2.24) is 0 Å². The van der Waals surface area contributed by atoms with Crippen molar-refractivity contribution in [2.45, 2.75) is 179 Å². The molecule has 0 heterocycles. The molecule has 0 aliphatic heterocycles. The smallest absolute Gasteiger partial charge is 0.207 e. The van der Waals surface area contributed by atoms with E-state index >= 15 is 0 Å². The maximum atomic E-state index is 14.9. The summed E-state index contributed by atoms with van der Waals surface area (Å²) in [6.45, 7) is 25.3. The van der Waals surface area contributed by atoms with Gasteiger partial charge < -0.3 is 0 Å². The Morgan fingerprint density at radius 1 is 0.511 bits per heavy atom. The summed E-state index contributed by atoms with van der Waals surface area (Å²) in [7, 11) is -3.73. The van der Waals surface area contributed by atoms with Gasteiger partial charge in [-0.1, -0.05) is 118 Å². The van der Waals surface area contributed by atoms with Crippen LogP contribution in [0.2, 0.25) is 0 Å². The summed E-state index contributed by atoms with van der Waals surface area (Å²) in [5, 5.41) is 0. The standard InChI is InChI=1S/C42H66O2S/c1-11-13-15-17-19-21-23-25-37-35(31(3)4)27-29-39(41(37)33(7)8)45(43,44)40-30-28-36(32(5)6)38(42(40)34(9)10)26-24-22-20-18-16-14-12-2/h11-12,27-34H,1-2,13-26H2,3-10H3. The number of allylic oxidation sites excluding steroid dienone is 2. The predicted octanol–water partition coefficient (Wildman–Crippen LogP) is 13.2. The van der Waals surface area contributed by atoms with Gasteiger partial charge in [0, 0.05) is 0 Å². The first-order valence-corrected chi connectivity index (χ1v) is 19.7. The minimum absolute atomic E-state index is 0.120. The second-order valence-electron chi connectivity index (χ2n) is 14.4. The van der Waals surface area contributed by atoms with Gasteiger partial charge in [-0.15, -0.1) is 13.2 Å². The molecule has 0 N–H and O–H groups in total. The minimum Gasteiger partial charge on any atom is -0.218 e. The first-order valence-electron chi connectivity index (χ1n) is 18.2. The van der Waals surface area contributed by atoms with E-state index in [0.717, 1.165) is 49.7 Å². The van der Waals surface area contributed by atoms with Crippen molar-refractivity contribution in [1.29, 1.82) is 0 Å². The topological polar surface area (TPSA) is 34.1 Å². The van der Waals surface area contributed by atoms with Gasteiger partial charge in [0.05, 0.1) is 9.79 Å². The van der Waals surface area contributed by atoms with Gasteiger partial charge in [-0.3, -0.25) is 0 Å². The lowest BCUT2D eigenvalue weighted by Crippen LogP contribution is -2.16. The van der Waals surface area contributed by atoms with Gasteiger partial charge in [-0.05, 0) is 121 Å². The monoisotopic (exact) mass is 634 g/mol. The zero-order chi connectivity index (χ0) is 33.6. The predicted molar refractivity (Wildman–Crippen MR) is 198 cm³/mol. The summed E-state index contributed by atoms with van der Waals surface area (Å²) < 4.78 is 29.8. The van der Waals surface area contributed by atoms with Gasteiger partial charge in [0.15, 0.2) is 0 Å². The molecule has 0 aliphatic carbocycles. The van der Waals surface area contributed by atoms with Crippen LogP contribution in [0.3, 0.4) is 0 Å². The van der Waals surface area contributed by atoms with Crippen LogP contribution in [-0.4, -0.2) is 8.42 Å². The first kappa shape index (κ1) is 39.1. The Balaban J connectivity index is 2.59. The van der Waals surface area contributed by atoms with Crippen LogP contribution < -0.4 is 0 Å². The van der Waals surface area contributed by atoms with Crippen molar-refractivity contribution in [3.05, 3.63) is 83.0 Å². The Morgan fingerprint density at radius 3 is 1.16 bits per heavy atom.